The number of halogens is 3. The van der Waals surface area contributed by atoms with Crippen molar-refractivity contribution >= 4 is 23.5 Å². The molecule has 0 aromatic heterocycles. The van der Waals surface area contributed by atoms with E-state index in [1.807, 2.05) is 0 Å². The predicted molar refractivity (Wildman–Crippen MR) is 102 cm³/mol. The predicted octanol–water partition coefficient (Wildman–Crippen LogP) is 5.00. The molecule has 0 radical (unpaired) electrons. The molecule has 28 heavy (non-hydrogen) atoms. The number of alkyl halides is 3. The van der Waals surface area contributed by atoms with E-state index in [0.29, 0.717) is 23.8 Å². The van der Waals surface area contributed by atoms with E-state index in [1.54, 1.807) is 18.2 Å². The maximum atomic E-state index is 13.2. The Labute approximate surface area is 164 Å². The van der Waals surface area contributed by atoms with Gasteiger partial charge in [0.25, 0.3) is 0 Å². The number of methoxy groups -OCH3 is 2. The zero-order valence-corrected chi connectivity index (χ0v) is 16.1. The maximum Gasteiger partial charge on any atom is 0.418 e. The number of benzene rings is 2. The van der Waals surface area contributed by atoms with Crippen molar-refractivity contribution < 1.29 is 27.4 Å². The number of hydrogen-bond acceptors (Lipinski definition) is 4. The van der Waals surface area contributed by atoms with Crippen LogP contribution in [0.2, 0.25) is 0 Å². The average molecular weight is 412 g/mol. The van der Waals surface area contributed by atoms with E-state index in [1.165, 1.54) is 49.1 Å². The normalized spacial score (nSPS) is 16.8. The molecule has 0 unspecified atom stereocenters. The molecule has 1 N–H and O–H groups in total. The first-order valence-electron chi connectivity index (χ1n) is 8.42. The van der Waals surface area contributed by atoms with Crippen LogP contribution in [0.1, 0.15) is 16.5 Å². The Hall–Kier alpha value is -2.55. The minimum atomic E-state index is -4.56. The lowest BCUT2D eigenvalue weighted by atomic mass is 10.1. The largest absolute Gasteiger partial charge is 0.497 e. The van der Waals surface area contributed by atoms with Crippen molar-refractivity contribution in [2.45, 2.75) is 11.6 Å². The van der Waals surface area contributed by atoms with Gasteiger partial charge in [-0.15, -0.1) is 11.8 Å². The molecule has 0 spiro atoms. The first-order chi connectivity index (χ1) is 13.3. The summed E-state index contributed by atoms with van der Waals surface area (Å²) in [6, 6.07) is 9.57. The third-order valence-corrected chi connectivity index (χ3v) is 5.57. The van der Waals surface area contributed by atoms with E-state index in [2.05, 4.69) is 5.32 Å². The molecule has 0 bridgehead atoms. The van der Waals surface area contributed by atoms with Crippen LogP contribution in [0.3, 0.4) is 0 Å². The standard InChI is InChI=1S/C19H19F3N2O3S/c1-26-12-7-8-16(27-2)13(11-12)17-24(9-10-28-17)18(25)23-15-6-4-3-5-14(15)19(20,21)22/h3-8,11,17H,9-10H2,1-2H3,(H,23,25)/t17-/m1/s1. The van der Waals surface area contributed by atoms with Crippen molar-refractivity contribution in [1.29, 1.82) is 0 Å². The fourth-order valence-electron chi connectivity index (χ4n) is 2.99. The number of nitrogens with zero attached hydrogens (tertiary/aromatic N) is 1. The Morgan fingerprint density at radius 1 is 1.18 bits per heavy atom. The van der Waals surface area contributed by atoms with E-state index in [-0.39, 0.29) is 5.69 Å². The summed E-state index contributed by atoms with van der Waals surface area (Å²) >= 11 is 1.51. The van der Waals surface area contributed by atoms with Gasteiger partial charge in [-0.1, -0.05) is 12.1 Å². The van der Waals surface area contributed by atoms with E-state index in [0.717, 1.165) is 11.6 Å². The topological polar surface area (TPSA) is 50.8 Å². The molecule has 0 aliphatic carbocycles. The summed E-state index contributed by atoms with van der Waals surface area (Å²) in [6.45, 7) is 0.399. The molecule has 1 fully saturated rings. The van der Waals surface area contributed by atoms with Crippen LogP contribution in [0.4, 0.5) is 23.7 Å². The molecule has 1 heterocycles. The van der Waals surface area contributed by atoms with Gasteiger partial charge >= 0.3 is 12.2 Å². The molecular weight excluding hydrogens is 393 g/mol. The smallest absolute Gasteiger partial charge is 0.418 e. The summed E-state index contributed by atoms with van der Waals surface area (Å²) in [5.41, 5.74) is -0.428. The molecule has 1 atom stereocenters. The molecule has 1 aliphatic rings. The second kappa shape index (κ2) is 8.22. The van der Waals surface area contributed by atoms with Gasteiger partial charge in [0.2, 0.25) is 0 Å². The Kier molecular flexibility index (Phi) is 5.93. The number of urea groups is 1. The molecule has 1 aliphatic heterocycles. The number of thioether (sulfide) groups is 1. The maximum absolute atomic E-state index is 13.2. The summed E-state index contributed by atoms with van der Waals surface area (Å²) < 4.78 is 50.2. The summed E-state index contributed by atoms with van der Waals surface area (Å²) in [5, 5.41) is 2.01. The minimum absolute atomic E-state index is 0.270. The zero-order valence-electron chi connectivity index (χ0n) is 15.2. The van der Waals surface area contributed by atoms with Gasteiger partial charge in [0.1, 0.15) is 16.9 Å². The summed E-state index contributed by atoms with van der Waals surface area (Å²) in [5.74, 6) is 1.83. The van der Waals surface area contributed by atoms with Crippen LogP contribution >= 0.6 is 11.8 Å². The summed E-state index contributed by atoms with van der Waals surface area (Å²) in [4.78, 5) is 14.3. The van der Waals surface area contributed by atoms with Gasteiger partial charge in [-0.2, -0.15) is 13.2 Å². The first kappa shape index (κ1) is 20.2. The molecule has 2 amide bonds. The summed E-state index contributed by atoms with van der Waals surface area (Å²) in [7, 11) is 3.06. The number of hydrogen-bond donors (Lipinski definition) is 1. The molecule has 150 valence electrons. The van der Waals surface area contributed by atoms with Crippen molar-refractivity contribution in [3.05, 3.63) is 53.6 Å². The Morgan fingerprint density at radius 3 is 2.61 bits per heavy atom. The van der Waals surface area contributed by atoms with Crippen LogP contribution in [0.15, 0.2) is 42.5 Å². The monoisotopic (exact) mass is 412 g/mol. The lowest BCUT2D eigenvalue weighted by Crippen LogP contribution is -2.35. The second-order valence-corrected chi connectivity index (χ2v) is 7.19. The van der Waals surface area contributed by atoms with Crippen LogP contribution < -0.4 is 14.8 Å². The molecule has 9 heteroatoms. The third kappa shape index (κ3) is 4.14. The molecule has 2 aromatic carbocycles. The second-order valence-electron chi connectivity index (χ2n) is 6.00. The highest BCUT2D eigenvalue weighted by Gasteiger charge is 2.36. The van der Waals surface area contributed by atoms with E-state index in [9.17, 15) is 18.0 Å². The van der Waals surface area contributed by atoms with Gasteiger partial charge < -0.3 is 19.7 Å². The average Bonchev–Trinajstić information content (AvgIpc) is 3.17. The van der Waals surface area contributed by atoms with Gasteiger partial charge in [0.15, 0.2) is 0 Å². The highest BCUT2D eigenvalue weighted by Crippen LogP contribution is 2.43. The fourth-order valence-corrected chi connectivity index (χ4v) is 4.26. The molecule has 5 nitrogen and oxygen atoms in total. The van der Waals surface area contributed by atoms with Crippen molar-refractivity contribution in [3.8, 4) is 11.5 Å². The van der Waals surface area contributed by atoms with Crippen LogP contribution in [0.5, 0.6) is 11.5 Å². The first-order valence-corrected chi connectivity index (χ1v) is 9.47. The number of rotatable bonds is 4. The minimum Gasteiger partial charge on any atom is -0.497 e. The Balaban J connectivity index is 1.87. The molecule has 0 saturated carbocycles. The van der Waals surface area contributed by atoms with Crippen molar-refractivity contribution in [3.63, 3.8) is 0 Å². The van der Waals surface area contributed by atoms with E-state index >= 15 is 0 Å². The number of ether oxygens (including phenoxy) is 2. The number of amides is 2. The van der Waals surface area contributed by atoms with Gasteiger partial charge in [0.05, 0.1) is 25.5 Å². The molecular formula is C19H19F3N2O3S. The SMILES string of the molecule is COc1ccc(OC)c([C@H]2SCCN2C(=O)Nc2ccccc2C(F)(F)F)c1. The van der Waals surface area contributed by atoms with Crippen LogP contribution in [0, 0.1) is 0 Å². The van der Waals surface area contributed by atoms with Crippen molar-refractivity contribution in [1.82, 2.24) is 4.90 Å². The number of para-hydroxylation sites is 1. The number of carbonyl (C=O) groups is 1. The number of anilines is 1. The molecule has 2 aromatic rings. The number of nitrogens with one attached hydrogen (secondary N) is 1. The summed E-state index contributed by atoms with van der Waals surface area (Å²) in [6.07, 6.45) is -4.56. The van der Waals surface area contributed by atoms with Crippen LogP contribution in [-0.4, -0.2) is 37.4 Å². The Bertz CT molecular complexity index is 861. The van der Waals surface area contributed by atoms with Gasteiger partial charge in [-0.25, -0.2) is 4.79 Å². The van der Waals surface area contributed by atoms with Gasteiger partial charge in [-0.3, -0.25) is 0 Å². The molecule has 3 rings (SSSR count). The molecule has 1 saturated heterocycles. The third-order valence-electron chi connectivity index (χ3n) is 4.33. The fraction of sp³-hybridized carbons (Fsp3) is 0.316. The zero-order chi connectivity index (χ0) is 20.3. The number of carbonyl (C=O) groups excluding carboxylic acids is 1. The highest BCUT2D eigenvalue weighted by molar-refractivity contribution is 7.99. The van der Waals surface area contributed by atoms with Crippen molar-refractivity contribution in [2.24, 2.45) is 0 Å². The van der Waals surface area contributed by atoms with Gasteiger partial charge in [0, 0.05) is 17.9 Å². The quantitative estimate of drug-likeness (QED) is 0.768. The van der Waals surface area contributed by atoms with Gasteiger partial charge in [-0.05, 0) is 30.3 Å². The van der Waals surface area contributed by atoms with Crippen LogP contribution in [0.25, 0.3) is 0 Å². The van der Waals surface area contributed by atoms with E-state index < -0.39 is 23.1 Å². The van der Waals surface area contributed by atoms with Crippen LogP contribution in [-0.2, 0) is 6.18 Å². The lowest BCUT2D eigenvalue weighted by Gasteiger charge is -2.26. The van der Waals surface area contributed by atoms with Crippen molar-refractivity contribution in [2.75, 3.05) is 31.8 Å². The van der Waals surface area contributed by atoms with E-state index in [4.69, 9.17) is 9.47 Å². The Morgan fingerprint density at radius 2 is 1.93 bits per heavy atom. The highest BCUT2D eigenvalue weighted by atomic mass is 32.2. The lowest BCUT2D eigenvalue weighted by molar-refractivity contribution is -0.136.